The smallest absolute Gasteiger partial charge is 0.251 e. The van der Waals surface area contributed by atoms with E-state index in [1.807, 2.05) is 49.4 Å². The molecule has 5 nitrogen and oxygen atoms in total. The van der Waals surface area contributed by atoms with Crippen LogP contribution in [0.5, 0.6) is 0 Å². The van der Waals surface area contributed by atoms with Crippen molar-refractivity contribution in [2.24, 2.45) is 4.99 Å². The molecular formula is C19H24ClIN4O. The van der Waals surface area contributed by atoms with E-state index < -0.39 is 0 Å². The molecule has 3 N–H and O–H groups in total. The molecule has 0 fully saturated rings. The van der Waals surface area contributed by atoms with Gasteiger partial charge in [-0.2, -0.15) is 0 Å². The Hall–Kier alpha value is -1.80. The largest absolute Gasteiger partial charge is 0.357 e. The summed E-state index contributed by atoms with van der Waals surface area (Å²) in [6.07, 6.45) is 0. The number of rotatable bonds is 7. The van der Waals surface area contributed by atoms with E-state index in [0.29, 0.717) is 36.2 Å². The average Bonchev–Trinajstić information content (AvgIpc) is 2.65. The van der Waals surface area contributed by atoms with E-state index in [4.69, 9.17) is 11.6 Å². The first kappa shape index (κ1) is 22.2. The van der Waals surface area contributed by atoms with Crippen LogP contribution in [-0.2, 0) is 6.54 Å². The molecule has 0 aromatic heterocycles. The maximum Gasteiger partial charge on any atom is 0.251 e. The van der Waals surface area contributed by atoms with E-state index in [2.05, 4.69) is 20.9 Å². The van der Waals surface area contributed by atoms with E-state index in [0.717, 1.165) is 12.1 Å². The summed E-state index contributed by atoms with van der Waals surface area (Å²) in [6.45, 7) is 4.44. The second kappa shape index (κ2) is 12.5. The number of guanidine groups is 1. The molecule has 2 aromatic rings. The highest BCUT2D eigenvalue weighted by Crippen LogP contribution is 2.10. The zero-order valence-electron chi connectivity index (χ0n) is 14.7. The van der Waals surface area contributed by atoms with Gasteiger partial charge in [-0.05, 0) is 36.8 Å². The van der Waals surface area contributed by atoms with Gasteiger partial charge in [-0.1, -0.05) is 41.9 Å². The topological polar surface area (TPSA) is 65.5 Å². The lowest BCUT2D eigenvalue weighted by atomic mass is 10.2. The maximum atomic E-state index is 12.0. The van der Waals surface area contributed by atoms with Crippen LogP contribution < -0.4 is 16.0 Å². The summed E-state index contributed by atoms with van der Waals surface area (Å²) in [5, 5.41) is 9.98. The number of nitrogens with one attached hydrogen (secondary N) is 3. The van der Waals surface area contributed by atoms with Crippen LogP contribution >= 0.6 is 35.6 Å². The molecule has 7 heteroatoms. The minimum Gasteiger partial charge on any atom is -0.357 e. The second-order valence-electron chi connectivity index (χ2n) is 5.37. The number of aliphatic imine (C=N–C) groups is 1. The van der Waals surface area contributed by atoms with Crippen LogP contribution in [0, 0.1) is 0 Å². The Kier molecular flexibility index (Phi) is 10.7. The molecule has 0 aliphatic carbocycles. The molecule has 0 aliphatic heterocycles. The molecule has 0 atom stereocenters. The van der Waals surface area contributed by atoms with Crippen LogP contribution in [0.15, 0.2) is 59.6 Å². The molecule has 0 bridgehead atoms. The molecule has 1 amide bonds. The van der Waals surface area contributed by atoms with Gasteiger partial charge in [0.1, 0.15) is 0 Å². The lowest BCUT2D eigenvalue weighted by Gasteiger charge is -2.12. The number of halogens is 2. The fraction of sp³-hybridized carbons (Fsp3) is 0.263. The fourth-order valence-corrected chi connectivity index (χ4v) is 2.28. The van der Waals surface area contributed by atoms with Crippen molar-refractivity contribution >= 4 is 47.4 Å². The molecule has 0 unspecified atom stereocenters. The van der Waals surface area contributed by atoms with Gasteiger partial charge in [0.05, 0.1) is 6.54 Å². The van der Waals surface area contributed by atoms with Crippen LogP contribution in [-0.4, -0.2) is 31.5 Å². The van der Waals surface area contributed by atoms with Crippen LogP contribution in [0.1, 0.15) is 22.8 Å². The first-order valence-corrected chi connectivity index (χ1v) is 8.66. The maximum absolute atomic E-state index is 12.0. The highest BCUT2D eigenvalue weighted by atomic mass is 127. The van der Waals surface area contributed by atoms with Gasteiger partial charge in [0.25, 0.3) is 5.91 Å². The second-order valence-corrected chi connectivity index (χ2v) is 5.81. The predicted molar refractivity (Wildman–Crippen MR) is 118 cm³/mol. The molecule has 0 saturated heterocycles. The van der Waals surface area contributed by atoms with Gasteiger partial charge in [-0.15, -0.1) is 24.0 Å². The molecule has 2 aromatic carbocycles. The zero-order chi connectivity index (χ0) is 17.9. The molecule has 140 valence electrons. The van der Waals surface area contributed by atoms with Crippen molar-refractivity contribution in [1.29, 1.82) is 0 Å². The standard InChI is InChI=1S/C19H23ClN4O.HI/c1-2-21-19(24-14-15-8-10-17(20)11-9-15)23-13-12-22-18(25)16-6-4-3-5-7-16;/h3-11H,2,12-14H2,1H3,(H,22,25)(H2,21,23,24);1H. The molecule has 0 heterocycles. The lowest BCUT2D eigenvalue weighted by molar-refractivity contribution is 0.0954. The normalized spacial score (nSPS) is 10.6. The lowest BCUT2D eigenvalue weighted by Crippen LogP contribution is -2.41. The van der Waals surface area contributed by atoms with Crippen molar-refractivity contribution in [1.82, 2.24) is 16.0 Å². The van der Waals surface area contributed by atoms with E-state index in [9.17, 15) is 4.79 Å². The summed E-state index contributed by atoms with van der Waals surface area (Å²) < 4.78 is 0. The van der Waals surface area contributed by atoms with Crippen LogP contribution in [0.4, 0.5) is 0 Å². The van der Waals surface area contributed by atoms with Gasteiger partial charge in [-0.3, -0.25) is 4.79 Å². The van der Waals surface area contributed by atoms with Gasteiger partial charge in [0, 0.05) is 30.2 Å². The van der Waals surface area contributed by atoms with E-state index in [1.54, 1.807) is 12.1 Å². The Bertz CT molecular complexity index is 692. The summed E-state index contributed by atoms with van der Waals surface area (Å²) in [5.41, 5.74) is 1.74. The number of benzene rings is 2. The minimum atomic E-state index is -0.0782. The summed E-state index contributed by atoms with van der Waals surface area (Å²) in [6, 6.07) is 16.8. The monoisotopic (exact) mass is 486 g/mol. The summed E-state index contributed by atoms with van der Waals surface area (Å²) in [7, 11) is 0. The van der Waals surface area contributed by atoms with Crippen molar-refractivity contribution < 1.29 is 4.79 Å². The number of hydrogen-bond acceptors (Lipinski definition) is 2. The third kappa shape index (κ3) is 8.05. The quantitative estimate of drug-likeness (QED) is 0.243. The Morgan fingerprint density at radius 1 is 0.962 bits per heavy atom. The van der Waals surface area contributed by atoms with Crippen LogP contribution in [0.2, 0.25) is 5.02 Å². The molecule has 2 rings (SSSR count). The first-order valence-electron chi connectivity index (χ1n) is 8.29. The van der Waals surface area contributed by atoms with Gasteiger partial charge >= 0.3 is 0 Å². The minimum absolute atomic E-state index is 0. The Balaban J connectivity index is 0.00000338. The highest BCUT2D eigenvalue weighted by molar-refractivity contribution is 14.0. The third-order valence-corrected chi connectivity index (χ3v) is 3.67. The Morgan fingerprint density at radius 3 is 2.27 bits per heavy atom. The zero-order valence-corrected chi connectivity index (χ0v) is 17.8. The number of nitrogens with zero attached hydrogens (tertiary/aromatic N) is 1. The van der Waals surface area contributed by atoms with Crippen molar-refractivity contribution in [3.05, 3.63) is 70.7 Å². The molecule has 0 aliphatic rings. The highest BCUT2D eigenvalue weighted by Gasteiger charge is 2.03. The predicted octanol–water partition coefficient (Wildman–Crippen LogP) is 3.44. The van der Waals surface area contributed by atoms with Crippen molar-refractivity contribution in [3.63, 3.8) is 0 Å². The third-order valence-electron chi connectivity index (χ3n) is 3.42. The Morgan fingerprint density at radius 2 is 1.62 bits per heavy atom. The number of carbonyl (C=O) groups is 1. The van der Waals surface area contributed by atoms with Gasteiger partial charge in [0.2, 0.25) is 0 Å². The summed E-state index contributed by atoms with van der Waals surface area (Å²) in [5.74, 6) is 0.636. The van der Waals surface area contributed by atoms with Gasteiger partial charge < -0.3 is 16.0 Å². The number of amides is 1. The van der Waals surface area contributed by atoms with Gasteiger partial charge in [0.15, 0.2) is 5.96 Å². The van der Waals surface area contributed by atoms with Crippen molar-refractivity contribution in [2.75, 3.05) is 19.6 Å². The Labute approximate surface area is 176 Å². The van der Waals surface area contributed by atoms with Crippen LogP contribution in [0.3, 0.4) is 0 Å². The van der Waals surface area contributed by atoms with Crippen molar-refractivity contribution in [3.8, 4) is 0 Å². The average molecular weight is 487 g/mol. The molecule has 0 radical (unpaired) electrons. The van der Waals surface area contributed by atoms with Crippen molar-refractivity contribution in [2.45, 2.75) is 13.5 Å². The van der Waals surface area contributed by atoms with E-state index in [1.165, 1.54) is 0 Å². The first-order chi connectivity index (χ1) is 12.2. The SMILES string of the molecule is CCNC(=NCc1ccc(Cl)cc1)NCCNC(=O)c1ccccc1.I. The van der Waals surface area contributed by atoms with E-state index in [-0.39, 0.29) is 29.9 Å². The number of hydrogen-bond donors (Lipinski definition) is 3. The molecule has 26 heavy (non-hydrogen) atoms. The molecular weight excluding hydrogens is 463 g/mol. The van der Waals surface area contributed by atoms with E-state index >= 15 is 0 Å². The fourth-order valence-electron chi connectivity index (χ4n) is 2.15. The summed E-state index contributed by atoms with van der Waals surface area (Å²) >= 11 is 5.88. The molecule has 0 spiro atoms. The van der Waals surface area contributed by atoms with Crippen LogP contribution in [0.25, 0.3) is 0 Å². The summed E-state index contributed by atoms with van der Waals surface area (Å²) in [4.78, 5) is 16.5. The van der Waals surface area contributed by atoms with Gasteiger partial charge in [-0.25, -0.2) is 4.99 Å². The number of carbonyl (C=O) groups excluding carboxylic acids is 1. The molecule has 0 saturated carbocycles.